The van der Waals surface area contributed by atoms with E-state index in [-0.39, 0.29) is 16.3 Å². The summed E-state index contributed by atoms with van der Waals surface area (Å²) in [6, 6.07) is 3.74. The first kappa shape index (κ1) is 13.2. The lowest BCUT2D eigenvalue weighted by molar-refractivity contribution is -0.384. The number of sulfone groups is 1. The number of hydrogen-bond donors (Lipinski definition) is 1. The first-order valence-electron chi connectivity index (χ1n) is 4.69. The molecule has 1 rings (SSSR count). The van der Waals surface area contributed by atoms with Crippen LogP contribution >= 0.6 is 0 Å². The summed E-state index contributed by atoms with van der Waals surface area (Å²) in [4.78, 5) is 10.1. The van der Waals surface area contributed by atoms with Crippen molar-refractivity contribution in [2.75, 3.05) is 18.1 Å². The van der Waals surface area contributed by atoms with Crippen LogP contribution in [0.5, 0.6) is 0 Å². The zero-order valence-electron chi connectivity index (χ0n) is 9.21. The lowest BCUT2D eigenvalue weighted by Crippen LogP contribution is -2.04. The lowest BCUT2D eigenvalue weighted by atomic mass is 10.2. The van der Waals surface area contributed by atoms with Gasteiger partial charge in [0.15, 0.2) is 9.84 Å². The molecule has 1 N–H and O–H groups in total. The highest BCUT2D eigenvalue weighted by molar-refractivity contribution is 7.90. The Morgan fingerprint density at radius 1 is 1.53 bits per heavy atom. The molecule has 1 aromatic carbocycles. The molecule has 0 radical (unpaired) electrons. The molecular formula is C10H12N2O4S. The van der Waals surface area contributed by atoms with Crippen LogP contribution in [0, 0.1) is 10.1 Å². The van der Waals surface area contributed by atoms with E-state index >= 15 is 0 Å². The van der Waals surface area contributed by atoms with Gasteiger partial charge in [-0.3, -0.25) is 10.1 Å². The van der Waals surface area contributed by atoms with Gasteiger partial charge in [0.25, 0.3) is 5.69 Å². The van der Waals surface area contributed by atoms with Gasteiger partial charge >= 0.3 is 0 Å². The molecule has 0 saturated carbocycles. The molecule has 0 amide bonds. The topological polar surface area (TPSA) is 89.3 Å². The maximum absolute atomic E-state index is 11.3. The van der Waals surface area contributed by atoms with E-state index in [1.54, 1.807) is 6.08 Å². The average molecular weight is 256 g/mol. The van der Waals surface area contributed by atoms with Crippen molar-refractivity contribution >= 4 is 21.2 Å². The monoisotopic (exact) mass is 256 g/mol. The van der Waals surface area contributed by atoms with Gasteiger partial charge in [-0.2, -0.15) is 0 Å². The molecule has 0 saturated heterocycles. The minimum atomic E-state index is -3.45. The number of benzene rings is 1. The van der Waals surface area contributed by atoms with E-state index in [1.807, 2.05) is 0 Å². The molecule has 1 aromatic rings. The van der Waals surface area contributed by atoms with Crippen molar-refractivity contribution in [2.45, 2.75) is 4.90 Å². The fraction of sp³-hybridized carbons (Fsp3) is 0.200. The normalized spacial score (nSPS) is 10.9. The summed E-state index contributed by atoms with van der Waals surface area (Å²) >= 11 is 0. The Labute approximate surface area is 99.0 Å². The van der Waals surface area contributed by atoms with Gasteiger partial charge in [-0.25, -0.2) is 8.42 Å². The third kappa shape index (κ3) is 3.28. The second-order valence-corrected chi connectivity index (χ2v) is 5.39. The quantitative estimate of drug-likeness (QED) is 0.491. The minimum absolute atomic E-state index is 0.0756. The predicted octanol–water partition coefficient (Wildman–Crippen LogP) is 1.60. The molecule has 0 aliphatic heterocycles. The number of anilines is 1. The maximum Gasteiger partial charge on any atom is 0.293 e. The highest BCUT2D eigenvalue weighted by Crippen LogP contribution is 2.27. The van der Waals surface area contributed by atoms with Gasteiger partial charge in [0.05, 0.1) is 9.82 Å². The van der Waals surface area contributed by atoms with Gasteiger partial charge in [-0.15, -0.1) is 6.58 Å². The van der Waals surface area contributed by atoms with Gasteiger partial charge < -0.3 is 5.32 Å². The highest BCUT2D eigenvalue weighted by atomic mass is 32.2. The second-order valence-electron chi connectivity index (χ2n) is 3.38. The van der Waals surface area contributed by atoms with Crippen molar-refractivity contribution in [1.29, 1.82) is 0 Å². The van der Waals surface area contributed by atoms with Crippen LogP contribution in [0.4, 0.5) is 11.4 Å². The summed E-state index contributed by atoms with van der Waals surface area (Å²) in [5.41, 5.74) is -0.00271. The Morgan fingerprint density at radius 3 is 2.65 bits per heavy atom. The smallest absolute Gasteiger partial charge is 0.293 e. The van der Waals surface area contributed by atoms with Crippen LogP contribution in [-0.4, -0.2) is 26.1 Å². The molecule has 0 atom stereocenters. The molecule has 6 nitrogen and oxygen atoms in total. The maximum atomic E-state index is 11.3. The molecule has 0 aliphatic rings. The summed E-state index contributed by atoms with van der Waals surface area (Å²) in [7, 11) is -3.45. The van der Waals surface area contributed by atoms with E-state index in [0.29, 0.717) is 6.54 Å². The molecule has 0 fully saturated rings. The van der Waals surface area contributed by atoms with E-state index < -0.39 is 14.8 Å². The number of nitro benzene ring substituents is 1. The van der Waals surface area contributed by atoms with E-state index in [4.69, 9.17) is 0 Å². The highest BCUT2D eigenvalue weighted by Gasteiger charge is 2.17. The first-order chi connectivity index (χ1) is 7.86. The fourth-order valence-electron chi connectivity index (χ4n) is 1.22. The summed E-state index contributed by atoms with van der Waals surface area (Å²) in [6.45, 7) is 3.84. The third-order valence-corrected chi connectivity index (χ3v) is 3.14. The molecule has 0 bridgehead atoms. The van der Waals surface area contributed by atoms with E-state index in [9.17, 15) is 18.5 Å². The summed E-state index contributed by atoms with van der Waals surface area (Å²) in [5, 5.41) is 13.6. The first-order valence-corrected chi connectivity index (χ1v) is 6.58. The Bertz CT molecular complexity index is 551. The zero-order valence-corrected chi connectivity index (χ0v) is 10.0. The Balaban J connectivity index is 3.27. The van der Waals surface area contributed by atoms with Crippen molar-refractivity contribution in [1.82, 2.24) is 0 Å². The van der Waals surface area contributed by atoms with Crippen LogP contribution < -0.4 is 5.32 Å². The number of hydrogen-bond acceptors (Lipinski definition) is 5. The van der Waals surface area contributed by atoms with Crippen LogP contribution in [0.25, 0.3) is 0 Å². The van der Waals surface area contributed by atoms with Gasteiger partial charge in [0, 0.05) is 18.9 Å². The molecule has 0 heterocycles. The molecule has 0 aromatic heterocycles. The van der Waals surface area contributed by atoms with Gasteiger partial charge in [-0.05, 0) is 12.1 Å². The van der Waals surface area contributed by atoms with Crippen molar-refractivity contribution < 1.29 is 13.3 Å². The standard InChI is InChI=1S/C10H12N2O4S/c1-3-6-11-9-5-4-8(17(2,15)16)7-10(9)12(13)14/h3-5,7,11H,1,6H2,2H3. The zero-order chi connectivity index (χ0) is 13.1. The fourth-order valence-corrected chi connectivity index (χ4v) is 1.87. The summed E-state index contributed by atoms with van der Waals surface area (Å²) in [6.07, 6.45) is 2.55. The number of nitro groups is 1. The molecule has 0 unspecified atom stereocenters. The predicted molar refractivity (Wildman–Crippen MR) is 64.9 cm³/mol. The van der Waals surface area contributed by atoms with Crippen molar-refractivity contribution in [3.05, 3.63) is 41.0 Å². The number of nitrogens with one attached hydrogen (secondary N) is 1. The lowest BCUT2D eigenvalue weighted by Gasteiger charge is -2.06. The Hall–Kier alpha value is -1.89. The number of nitrogens with zero attached hydrogens (tertiary/aromatic N) is 1. The number of rotatable bonds is 5. The summed E-state index contributed by atoms with van der Waals surface area (Å²) < 4.78 is 22.5. The van der Waals surface area contributed by atoms with E-state index in [2.05, 4.69) is 11.9 Å². The summed E-state index contributed by atoms with van der Waals surface area (Å²) in [5.74, 6) is 0. The molecule has 17 heavy (non-hydrogen) atoms. The van der Waals surface area contributed by atoms with Crippen LogP contribution in [0.3, 0.4) is 0 Å². The van der Waals surface area contributed by atoms with Gasteiger partial charge in [0.2, 0.25) is 0 Å². The second kappa shape index (κ2) is 4.96. The Kier molecular flexibility index (Phi) is 3.84. The van der Waals surface area contributed by atoms with Gasteiger partial charge in [-0.1, -0.05) is 6.08 Å². The van der Waals surface area contributed by atoms with E-state index in [1.165, 1.54) is 12.1 Å². The van der Waals surface area contributed by atoms with Crippen LogP contribution in [0.1, 0.15) is 0 Å². The van der Waals surface area contributed by atoms with Crippen LogP contribution in [0.15, 0.2) is 35.7 Å². The van der Waals surface area contributed by atoms with Crippen molar-refractivity contribution in [3.8, 4) is 0 Å². The SMILES string of the molecule is C=CCNc1ccc(S(C)(=O)=O)cc1[N+](=O)[O-]. The van der Waals surface area contributed by atoms with Crippen molar-refractivity contribution in [2.24, 2.45) is 0 Å². The third-order valence-electron chi connectivity index (χ3n) is 2.03. The van der Waals surface area contributed by atoms with Gasteiger partial charge in [0.1, 0.15) is 5.69 Å². The Morgan fingerprint density at radius 2 is 2.18 bits per heavy atom. The van der Waals surface area contributed by atoms with Crippen molar-refractivity contribution in [3.63, 3.8) is 0 Å². The average Bonchev–Trinajstić information content (AvgIpc) is 2.24. The molecule has 7 heteroatoms. The molecular weight excluding hydrogens is 244 g/mol. The van der Waals surface area contributed by atoms with Crippen LogP contribution in [0.2, 0.25) is 0 Å². The molecule has 92 valence electrons. The molecule has 0 aliphatic carbocycles. The molecule has 0 spiro atoms. The van der Waals surface area contributed by atoms with E-state index in [0.717, 1.165) is 12.3 Å². The minimum Gasteiger partial charge on any atom is -0.376 e. The van der Waals surface area contributed by atoms with Crippen LogP contribution in [-0.2, 0) is 9.84 Å². The largest absolute Gasteiger partial charge is 0.376 e.